The summed E-state index contributed by atoms with van der Waals surface area (Å²) in [7, 11) is 0. The number of benzene rings is 1. The first kappa shape index (κ1) is 17.6. The summed E-state index contributed by atoms with van der Waals surface area (Å²) in [6.07, 6.45) is 2.66. The van der Waals surface area contributed by atoms with Gasteiger partial charge in [-0.1, -0.05) is 12.1 Å². The van der Waals surface area contributed by atoms with Crippen LogP contribution in [-0.2, 0) is 4.79 Å². The number of nitro groups is 1. The molecule has 0 saturated carbocycles. The average Bonchev–Trinajstić information content (AvgIpc) is 3.25. The molecule has 1 amide bonds. The van der Waals surface area contributed by atoms with Crippen molar-refractivity contribution in [1.82, 2.24) is 4.90 Å². The Morgan fingerprint density at radius 1 is 1.40 bits per heavy atom. The Bertz CT molecular complexity index is 761. The number of anilines is 1. The van der Waals surface area contributed by atoms with Crippen LogP contribution in [0.15, 0.2) is 35.7 Å². The van der Waals surface area contributed by atoms with Gasteiger partial charge in [0.15, 0.2) is 0 Å². The highest BCUT2D eigenvalue weighted by Crippen LogP contribution is 2.34. The van der Waals surface area contributed by atoms with Gasteiger partial charge in [-0.3, -0.25) is 19.8 Å². The second-order valence-electron chi connectivity index (χ2n) is 6.21. The quantitative estimate of drug-likeness (QED) is 0.621. The van der Waals surface area contributed by atoms with Gasteiger partial charge in [-0.15, -0.1) is 11.3 Å². The van der Waals surface area contributed by atoms with E-state index in [0.717, 1.165) is 19.4 Å². The third kappa shape index (κ3) is 4.05. The molecule has 6 nitrogen and oxygen atoms in total. The molecule has 0 aliphatic carbocycles. The normalized spacial score (nSPS) is 17.6. The average molecular weight is 359 g/mol. The molecule has 1 unspecified atom stereocenters. The van der Waals surface area contributed by atoms with Crippen LogP contribution in [0.2, 0.25) is 0 Å². The van der Waals surface area contributed by atoms with Crippen LogP contribution in [0.5, 0.6) is 0 Å². The van der Waals surface area contributed by atoms with Crippen molar-refractivity contribution in [2.75, 3.05) is 18.4 Å². The van der Waals surface area contributed by atoms with Gasteiger partial charge >= 0.3 is 0 Å². The molecule has 1 atom stereocenters. The number of hydrogen-bond donors (Lipinski definition) is 1. The molecular weight excluding hydrogens is 338 g/mol. The monoisotopic (exact) mass is 359 g/mol. The third-order valence-electron chi connectivity index (χ3n) is 4.64. The molecule has 1 N–H and O–H groups in total. The Labute approximate surface area is 150 Å². The second-order valence-corrected chi connectivity index (χ2v) is 7.19. The lowest BCUT2D eigenvalue weighted by Crippen LogP contribution is -2.27. The van der Waals surface area contributed by atoms with E-state index in [1.54, 1.807) is 30.4 Å². The van der Waals surface area contributed by atoms with Crippen LogP contribution in [0.1, 0.15) is 35.7 Å². The van der Waals surface area contributed by atoms with Crippen LogP contribution < -0.4 is 5.32 Å². The van der Waals surface area contributed by atoms with Gasteiger partial charge in [0.2, 0.25) is 5.91 Å². The molecule has 1 aliphatic heterocycles. The molecule has 0 radical (unpaired) electrons. The first-order valence-electron chi connectivity index (χ1n) is 8.37. The van der Waals surface area contributed by atoms with Gasteiger partial charge in [0, 0.05) is 30.0 Å². The number of carbonyl (C=O) groups is 1. The van der Waals surface area contributed by atoms with Crippen molar-refractivity contribution < 1.29 is 9.72 Å². The standard InChI is InChI=1S/C18H21N3O3S/c1-13-14(5-2-6-15(13)21(23)24)19-18(22)9-11-20-10-3-7-16(20)17-8-4-12-25-17/h2,4-6,8,12,16H,3,7,9-11H2,1H3,(H,19,22). The smallest absolute Gasteiger partial charge is 0.274 e. The lowest BCUT2D eigenvalue weighted by atomic mass is 10.1. The summed E-state index contributed by atoms with van der Waals surface area (Å²) in [6, 6.07) is 9.36. The maximum absolute atomic E-state index is 12.3. The molecule has 1 aromatic carbocycles. The van der Waals surface area contributed by atoms with Crippen molar-refractivity contribution in [3.05, 3.63) is 56.3 Å². The third-order valence-corrected chi connectivity index (χ3v) is 5.61. The lowest BCUT2D eigenvalue weighted by Gasteiger charge is -2.23. The van der Waals surface area contributed by atoms with Crippen LogP contribution >= 0.6 is 11.3 Å². The van der Waals surface area contributed by atoms with Crippen molar-refractivity contribution in [3.63, 3.8) is 0 Å². The van der Waals surface area contributed by atoms with Crippen LogP contribution in [-0.4, -0.2) is 28.8 Å². The van der Waals surface area contributed by atoms with Crippen molar-refractivity contribution >= 4 is 28.6 Å². The summed E-state index contributed by atoms with van der Waals surface area (Å²) in [6.45, 7) is 3.36. The summed E-state index contributed by atoms with van der Waals surface area (Å²) in [5.74, 6) is -0.111. The van der Waals surface area contributed by atoms with Crippen molar-refractivity contribution in [2.24, 2.45) is 0 Å². The maximum atomic E-state index is 12.3. The molecule has 132 valence electrons. The number of nitro benzene ring substituents is 1. The molecule has 2 heterocycles. The first-order valence-corrected chi connectivity index (χ1v) is 9.25. The fourth-order valence-corrected chi connectivity index (χ4v) is 4.21. The van der Waals surface area contributed by atoms with Gasteiger partial charge in [-0.25, -0.2) is 0 Å². The Morgan fingerprint density at radius 3 is 2.96 bits per heavy atom. The lowest BCUT2D eigenvalue weighted by molar-refractivity contribution is -0.385. The number of rotatable bonds is 6. The summed E-state index contributed by atoms with van der Waals surface area (Å²) in [5.41, 5.74) is 1.02. The molecule has 1 saturated heterocycles. The molecule has 25 heavy (non-hydrogen) atoms. The molecule has 0 spiro atoms. The van der Waals surface area contributed by atoms with E-state index >= 15 is 0 Å². The zero-order valence-corrected chi connectivity index (χ0v) is 14.9. The minimum atomic E-state index is -0.430. The van der Waals surface area contributed by atoms with Crippen LogP contribution in [0.25, 0.3) is 0 Å². The van der Waals surface area contributed by atoms with Gasteiger partial charge in [-0.05, 0) is 43.8 Å². The summed E-state index contributed by atoms with van der Waals surface area (Å²) < 4.78 is 0. The van der Waals surface area contributed by atoms with E-state index in [2.05, 4.69) is 27.7 Å². The van der Waals surface area contributed by atoms with Gasteiger partial charge < -0.3 is 5.32 Å². The molecule has 1 fully saturated rings. The molecule has 3 rings (SSSR count). The highest BCUT2D eigenvalue weighted by Gasteiger charge is 2.26. The molecule has 0 bridgehead atoms. The topological polar surface area (TPSA) is 75.5 Å². The highest BCUT2D eigenvalue weighted by atomic mass is 32.1. The number of amides is 1. The Morgan fingerprint density at radius 2 is 2.24 bits per heavy atom. The predicted octanol–water partition coefficient (Wildman–Crippen LogP) is 4.13. The minimum absolute atomic E-state index is 0.0232. The van der Waals surface area contributed by atoms with Crippen molar-refractivity contribution in [3.8, 4) is 0 Å². The van der Waals surface area contributed by atoms with E-state index < -0.39 is 4.92 Å². The summed E-state index contributed by atoms with van der Waals surface area (Å²) in [4.78, 5) is 26.6. The van der Waals surface area contributed by atoms with Gasteiger partial charge in [0.05, 0.1) is 16.2 Å². The SMILES string of the molecule is Cc1c(NC(=O)CCN2CCCC2c2cccs2)cccc1[N+](=O)[O-]. The van der Waals surface area contributed by atoms with Crippen LogP contribution in [0.4, 0.5) is 11.4 Å². The van der Waals surface area contributed by atoms with E-state index in [4.69, 9.17) is 0 Å². The van der Waals surface area contributed by atoms with Crippen molar-refractivity contribution in [1.29, 1.82) is 0 Å². The van der Waals surface area contributed by atoms with Gasteiger partial charge in [0.25, 0.3) is 5.69 Å². The fourth-order valence-electron chi connectivity index (χ4n) is 3.31. The zero-order chi connectivity index (χ0) is 17.8. The maximum Gasteiger partial charge on any atom is 0.274 e. The van der Waals surface area contributed by atoms with Crippen LogP contribution in [0, 0.1) is 17.0 Å². The molecule has 2 aromatic rings. The summed E-state index contributed by atoms with van der Waals surface area (Å²) in [5, 5.41) is 15.9. The molecule has 1 aliphatic rings. The second kappa shape index (κ2) is 7.76. The summed E-state index contributed by atoms with van der Waals surface area (Å²) >= 11 is 1.76. The van der Waals surface area contributed by atoms with E-state index in [0.29, 0.717) is 30.3 Å². The van der Waals surface area contributed by atoms with Crippen molar-refractivity contribution in [2.45, 2.75) is 32.2 Å². The Hall–Kier alpha value is -2.25. The van der Waals surface area contributed by atoms with E-state index in [1.807, 2.05) is 0 Å². The molecule has 7 heteroatoms. The van der Waals surface area contributed by atoms with E-state index in [1.165, 1.54) is 10.9 Å². The number of likely N-dealkylation sites (tertiary alicyclic amines) is 1. The zero-order valence-electron chi connectivity index (χ0n) is 14.1. The number of nitrogens with one attached hydrogen (secondary N) is 1. The molecule has 1 aromatic heterocycles. The Kier molecular flexibility index (Phi) is 5.45. The van der Waals surface area contributed by atoms with E-state index in [-0.39, 0.29) is 11.6 Å². The van der Waals surface area contributed by atoms with Gasteiger partial charge in [0.1, 0.15) is 0 Å². The number of carbonyl (C=O) groups excluding carboxylic acids is 1. The van der Waals surface area contributed by atoms with E-state index in [9.17, 15) is 14.9 Å². The predicted molar refractivity (Wildman–Crippen MR) is 98.9 cm³/mol. The largest absolute Gasteiger partial charge is 0.326 e. The first-order chi connectivity index (χ1) is 12.1. The Balaban J connectivity index is 1.58. The van der Waals surface area contributed by atoms with Gasteiger partial charge in [-0.2, -0.15) is 0 Å². The minimum Gasteiger partial charge on any atom is -0.326 e. The highest BCUT2D eigenvalue weighted by molar-refractivity contribution is 7.10. The fraction of sp³-hybridized carbons (Fsp3) is 0.389. The number of thiophene rings is 1. The molecular formula is C18H21N3O3S. The number of hydrogen-bond acceptors (Lipinski definition) is 5. The number of nitrogens with zero attached hydrogens (tertiary/aromatic N) is 2. The van der Waals surface area contributed by atoms with Crippen LogP contribution in [0.3, 0.4) is 0 Å².